The Kier molecular flexibility index (Phi) is 4.99. The van der Waals surface area contributed by atoms with E-state index >= 15 is 0 Å². The lowest BCUT2D eigenvalue weighted by Gasteiger charge is -2.33. The molecular formula is C19H20F2N4O. The molecule has 2 unspecified atom stereocenters. The van der Waals surface area contributed by atoms with E-state index in [1.54, 1.807) is 24.3 Å². The van der Waals surface area contributed by atoms with Crippen LogP contribution in [0, 0.1) is 0 Å². The lowest BCUT2D eigenvalue weighted by Crippen LogP contribution is -2.48. The zero-order valence-corrected chi connectivity index (χ0v) is 14.1. The third-order valence-electron chi connectivity index (χ3n) is 4.56. The molecule has 1 aliphatic heterocycles. The van der Waals surface area contributed by atoms with Crippen molar-refractivity contribution in [1.82, 2.24) is 5.32 Å². The van der Waals surface area contributed by atoms with Gasteiger partial charge in [-0.3, -0.25) is 9.79 Å². The normalized spacial score (nSPS) is 23.2. The number of carbonyl (C=O) groups is 1. The summed E-state index contributed by atoms with van der Waals surface area (Å²) < 4.78 is 29.0. The van der Waals surface area contributed by atoms with Crippen molar-refractivity contribution in [1.29, 1.82) is 0 Å². The Bertz CT molecular complexity index is 838. The van der Waals surface area contributed by atoms with Crippen LogP contribution in [-0.2, 0) is 5.67 Å². The Morgan fingerprint density at radius 1 is 1.27 bits per heavy atom. The molecule has 0 saturated carbocycles. The van der Waals surface area contributed by atoms with E-state index in [1.807, 2.05) is 0 Å². The molecule has 1 heterocycles. The summed E-state index contributed by atoms with van der Waals surface area (Å²) in [4.78, 5) is 15.6. The zero-order valence-electron chi connectivity index (χ0n) is 14.1. The van der Waals surface area contributed by atoms with Gasteiger partial charge in [0.1, 0.15) is 6.17 Å². The van der Waals surface area contributed by atoms with E-state index in [1.165, 1.54) is 24.4 Å². The van der Waals surface area contributed by atoms with E-state index in [4.69, 9.17) is 11.5 Å². The quantitative estimate of drug-likeness (QED) is 0.579. The van der Waals surface area contributed by atoms with Gasteiger partial charge in [0, 0.05) is 18.3 Å². The summed E-state index contributed by atoms with van der Waals surface area (Å²) in [5.74, 6) is -0.614. The number of nitrogens with zero attached hydrogens (tertiary/aromatic N) is 1. The first-order valence-electron chi connectivity index (χ1n) is 8.28. The lowest BCUT2D eigenvalue weighted by molar-refractivity contribution is 0.0215. The molecule has 0 spiro atoms. The summed E-state index contributed by atoms with van der Waals surface area (Å²) >= 11 is 0. The Morgan fingerprint density at radius 3 is 2.65 bits per heavy atom. The van der Waals surface area contributed by atoms with Crippen molar-refractivity contribution in [3.8, 4) is 0 Å². The molecule has 0 bridgehead atoms. The van der Waals surface area contributed by atoms with Gasteiger partial charge in [-0.25, -0.2) is 8.78 Å². The van der Waals surface area contributed by atoms with Crippen molar-refractivity contribution in [2.24, 2.45) is 10.7 Å². The maximum Gasteiger partial charge on any atom is 0.250 e. The highest BCUT2D eigenvalue weighted by Gasteiger charge is 2.43. The Labute approximate surface area is 150 Å². The average molecular weight is 358 g/mol. The minimum atomic E-state index is -2.03. The van der Waals surface area contributed by atoms with Crippen molar-refractivity contribution in [2.45, 2.75) is 18.3 Å². The number of alkyl halides is 2. The molecule has 0 aromatic heterocycles. The van der Waals surface area contributed by atoms with Gasteiger partial charge in [0.25, 0.3) is 5.91 Å². The summed E-state index contributed by atoms with van der Waals surface area (Å²) in [5, 5.41) is 2.89. The highest BCUT2D eigenvalue weighted by Crippen LogP contribution is 2.36. The van der Waals surface area contributed by atoms with E-state index in [-0.39, 0.29) is 29.8 Å². The number of nitrogens with one attached hydrogen (secondary N) is 1. The number of primary amides is 1. The van der Waals surface area contributed by atoms with Crippen LogP contribution in [0.4, 0.5) is 20.2 Å². The topological polar surface area (TPSA) is 93.5 Å². The minimum absolute atomic E-state index is 0.0484. The first kappa shape index (κ1) is 18.0. The van der Waals surface area contributed by atoms with Gasteiger partial charge in [0.05, 0.1) is 16.9 Å². The minimum Gasteiger partial charge on any atom is -0.398 e. The lowest BCUT2D eigenvalue weighted by atomic mass is 9.86. The Morgan fingerprint density at radius 2 is 2.00 bits per heavy atom. The second-order valence-corrected chi connectivity index (χ2v) is 6.27. The Balaban J connectivity index is 1.81. The van der Waals surface area contributed by atoms with Crippen LogP contribution >= 0.6 is 0 Å². The van der Waals surface area contributed by atoms with E-state index in [0.717, 1.165) is 0 Å². The van der Waals surface area contributed by atoms with E-state index < -0.39 is 17.7 Å². The molecule has 5 N–H and O–H groups in total. The van der Waals surface area contributed by atoms with Crippen LogP contribution in [0.2, 0.25) is 0 Å². The van der Waals surface area contributed by atoms with Crippen molar-refractivity contribution >= 4 is 23.5 Å². The van der Waals surface area contributed by atoms with Gasteiger partial charge >= 0.3 is 0 Å². The molecule has 1 amide bonds. The van der Waals surface area contributed by atoms with E-state index in [9.17, 15) is 13.6 Å². The van der Waals surface area contributed by atoms with Crippen LogP contribution in [0.5, 0.6) is 0 Å². The predicted octanol–water partition coefficient (Wildman–Crippen LogP) is 2.61. The van der Waals surface area contributed by atoms with Gasteiger partial charge in [-0.1, -0.05) is 24.3 Å². The molecular weight excluding hydrogens is 338 g/mol. The molecule has 3 rings (SSSR count). The van der Waals surface area contributed by atoms with Crippen molar-refractivity contribution in [3.63, 3.8) is 0 Å². The highest BCUT2D eigenvalue weighted by molar-refractivity contribution is 6.02. The summed E-state index contributed by atoms with van der Waals surface area (Å²) in [6.07, 6.45) is 0.114. The second kappa shape index (κ2) is 7.21. The standard InChI is InChI=1S/C19H20F2N4O/c20-16-8-9-24-11-19(16,21)13-4-6-14(7-5-13)25-10-12-2-1-3-15(17(12)22)18(23)26/h1-7,10,16,24H,8-9,11,22H2,(H2,23,26). The highest BCUT2D eigenvalue weighted by atomic mass is 19.2. The number of hydrogen-bond donors (Lipinski definition) is 3. The molecule has 5 nitrogen and oxygen atoms in total. The summed E-state index contributed by atoms with van der Waals surface area (Å²) in [6, 6.07) is 11.2. The molecule has 7 heteroatoms. The smallest absolute Gasteiger partial charge is 0.250 e. The number of halogens is 2. The third-order valence-corrected chi connectivity index (χ3v) is 4.56. The van der Waals surface area contributed by atoms with Gasteiger partial charge in [-0.05, 0) is 36.7 Å². The van der Waals surface area contributed by atoms with Crippen molar-refractivity contribution < 1.29 is 13.6 Å². The molecule has 2 aromatic carbocycles. The van der Waals surface area contributed by atoms with Crippen LogP contribution in [0.1, 0.15) is 27.9 Å². The maximum absolute atomic E-state index is 14.9. The van der Waals surface area contributed by atoms with Gasteiger partial charge in [-0.15, -0.1) is 0 Å². The van der Waals surface area contributed by atoms with Gasteiger partial charge in [0.2, 0.25) is 0 Å². The number of para-hydroxylation sites is 1. The molecule has 2 aromatic rings. The van der Waals surface area contributed by atoms with Gasteiger partial charge in [0.15, 0.2) is 5.67 Å². The number of benzene rings is 2. The van der Waals surface area contributed by atoms with Gasteiger partial charge < -0.3 is 16.8 Å². The van der Waals surface area contributed by atoms with Crippen molar-refractivity contribution in [3.05, 3.63) is 59.2 Å². The molecule has 1 saturated heterocycles. The SMILES string of the molecule is NC(=O)c1cccc(C=Nc2ccc(C3(F)CNCCC3F)cc2)c1N. The number of amides is 1. The van der Waals surface area contributed by atoms with Crippen LogP contribution in [0.15, 0.2) is 47.5 Å². The number of aliphatic imine (C=N–C) groups is 1. The molecule has 1 fully saturated rings. The number of anilines is 1. The first-order chi connectivity index (χ1) is 12.4. The second-order valence-electron chi connectivity index (χ2n) is 6.27. The fourth-order valence-corrected chi connectivity index (χ4v) is 3.00. The number of carbonyl (C=O) groups excluding carboxylic acids is 1. The number of piperidine rings is 1. The molecule has 1 aliphatic rings. The monoisotopic (exact) mass is 358 g/mol. The number of nitrogens with two attached hydrogens (primary N) is 2. The summed E-state index contributed by atoms with van der Waals surface area (Å²) in [6.45, 7) is 0.425. The number of hydrogen-bond acceptors (Lipinski definition) is 4. The van der Waals surface area contributed by atoms with Gasteiger partial charge in [-0.2, -0.15) is 0 Å². The predicted molar refractivity (Wildman–Crippen MR) is 98.2 cm³/mol. The molecule has 26 heavy (non-hydrogen) atoms. The third kappa shape index (κ3) is 3.43. The molecule has 0 aliphatic carbocycles. The average Bonchev–Trinajstić information content (AvgIpc) is 2.63. The zero-order chi connectivity index (χ0) is 18.7. The van der Waals surface area contributed by atoms with E-state index in [0.29, 0.717) is 17.8 Å². The molecule has 0 radical (unpaired) electrons. The maximum atomic E-state index is 14.9. The fraction of sp³-hybridized carbons (Fsp3) is 0.263. The van der Waals surface area contributed by atoms with Crippen LogP contribution in [0.25, 0.3) is 0 Å². The first-order valence-corrected chi connectivity index (χ1v) is 8.28. The number of rotatable bonds is 4. The summed E-state index contributed by atoms with van der Waals surface area (Å²) in [7, 11) is 0. The fourth-order valence-electron chi connectivity index (χ4n) is 3.00. The van der Waals surface area contributed by atoms with E-state index in [2.05, 4.69) is 10.3 Å². The van der Waals surface area contributed by atoms with Crippen LogP contribution < -0.4 is 16.8 Å². The largest absolute Gasteiger partial charge is 0.398 e. The molecule has 2 atom stereocenters. The van der Waals surface area contributed by atoms with Crippen LogP contribution in [-0.4, -0.2) is 31.4 Å². The molecule has 136 valence electrons. The Hall–Kier alpha value is -2.80. The number of nitrogen functional groups attached to an aromatic ring is 1. The van der Waals surface area contributed by atoms with Crippen LogP contribution in [0.3, 0.4) is 0 Å². The van der Waals surface area contributed by atoms with Crippen molar-refractivity contribution in [2.75, 3.05) is 18.8 Å². The summed E-state index contributed by atoms with van der Waals surface area (Å²) in [5.41, 5.74) is 11.0.